The summed E-state index contributed by atoms with van der Waals surface area (Å²) in [5.74, 6) is 0. The Bertz CT molecular complexity index is 1010. The molecular formula is C23H22ClNO2S2. The maximum absolute atomic E-state index is 6.35. The molecule has 0 radical (unpaired) electrons. The number of hydrogen-bond acceptors (Lipinski definition) is 5. The van der Waals surface area contributed by atoms with E-state index in [-0.39, 0.29) is 0 Å². The summed E-state index contributed by atoms with van der Waals surface area (Å²) in [6.07, 6.45) is 0. The molecule has 3 nitrogen and oxygen atoms in total. The van der Waals surface area contributed by atoms with Crippen molar-refractivity contribution in [2.45, 2.75) is 16.4 Å². The minimum atomic E-state index is 0.646. The second-order valence-electron chi connectivity index (χ2n) is 7.20. The fraction of sp³-hybridized carbons (Fsp3) is 0.304. The molecule has 2 aliphatic heterocycles. The molecule has 29 heavy (non-hydrogen) atoms. The lowest BCUT2D eigenvalue weighted by molar-refractivity contribution is 0.0183. The van der Waals surface area contributed by atoms with E-state index in [0.29, 0.717) is 6.61 Å². The van der Waals surface area contributed by atoms with Gasteiger partial charge in [-0.15, -0.1) is 11.3 Å². The number of hydrogen-bond donors (Lipinski definition) is 0. The van der Waals surface area contributed by atoms with Crippen LogP contribution in [-0.4, -0.2) is 44.4 Å². The highest BCUT2D eigenvalue weighted by Gasteiger charge is 2.22. The van der Waals surface area contributed by atoms with Crippen molar-refractivity contribution < 1.29 is 9.47 Å². The SMILES string of the molecule is Clc1ccc2c(c1)-c1sc(COCCN3CCOCC3)cc1-c1ccccc1S2. The fourth-order valence-corrected chi connectivity index (χ4v) is 6.22. The first-order valence-electron chi connectivity index (χ1n) is 9.86. The molecule has 0 amide bonds. The highest BCUT2D eigenvalue weighted by Crippen LogP contribution is 2.51. The van der Waals surface area contributed by atoms with Crippen LogP contribution in [0.15, 0.2) is 58.3 Å². The van der Waals surface area contributed by atoms with Crippen molar-refractivity contribution in [3.05, 3.63) is 58.4 Å². The minimum Gasteiger partial charge on any atom is -0.379 e. The van der Waals surface area contributed by atoms with Gasteiger partial charge in [-0.05, 0) is 35.9 Å². The van der Waals surface area contributed by atoms with Crippen molar-refractivity contribution in [3.63, 3.8) is 0 Å². The molecular weight excluding hydrogens is 422 g/mol. The highest BCUT2D eigenvalue weighted by molar-refractivity contribution is 7.99. The van der Waals surface area contributed by atoms with Crippen LogP contribution in [-0.2, 0) is 16.1 Å². The summed E-state index contributed by atoms with van der Waals surface area (Å²) in [7, 11) is 0. The highest BCUT2D eigenvalue weighted by atomic mass is 35.5. The van der Waals surface area contributed by atoms with Gasteiger partial charge in [-0.25, -0.2) is 0 Å². The fourth-order valence-electron chi connectivity index (χ4n) is 3.77. The van der Waals surface area contributed by atoms with Crippen LogP contribution >= 0.6 is 34.7 Å². The zero-order chi connectivity index (χ0) is 19.6. The van der Waals surface area contributed by atoms with Gasteiger partial charge in [-0.2, -0.15) is 0 Å². The van der Waals surface area contributed by atoms with E-state index in [1.807, 2.05) is 29.2 Å². The van der Waals surface area contributed by atoms with Gasteiger partial charge >= 0.3 is 0 Å². The van der Waals surface area contributed by atoms with E-state index >= 15 is 0 Å². The molecule has 5 rings (SSSR count). The topological polar surface area (TPSA) is 21.7 Å². The maximum Gasteiger partial charge on any atom is 0.0810 e. The maximum atomic E-state index is 6.35. The molecule has 0 bridgehead atoms. The molecule has 3 aromatic rings. The number of fused-ring (bicyclic) bond motifs is 5. The zero-order valence-electron chi connectivity index (χ0n) is 16.0. The molecule has 0 saturated carbocycles. The lowest BCUT2D eigenvalue weighted by Crippen LogP contribution is -2.38. The molecule has 2 aromatic carbocycles. The van der Waals surface area contributed by atoms with Gasteiger partial charge < -0.3 is 9.47 Å². The Morgan fingerprint density at radius 2 is 1.79 bits per heavy atom. The van der Waals surface area contributed by atoms with Crippen molar-refractivity contribution in [2.75, 3.05) is 39.5 Å². The van der Waals surface area contributed by atoms with E-state index in [9.17, 15) is 0 Å². The van der Waals surface area contributed by atoms with E-state index in [0.717, 1.165) is 44.5 Å². The van der Waals surface area contributed by atoms with Crippen molar-refractivity contribution in [3.8, 4) is 21.6 Å². The predicted octanol–water partition coefficient (Wildman–Crippen LogP) is 6.05. The number of morpholine rings is 1. The molecule has 1 fully saturated rings. The lowest BCUT2D eigenvalue weighted by atomic mass is 10.0. The molecule has 0 spiro atoms. The summed E-state index contributed by atoms with van der Waals surface area (Å²) in [6, 6.07) is 17.1. The van der Waals surface area contributed by atoms with Crippen molar-refractivity contribution in [1.82, 2.24) is 4.90 Å². The third kappa shape index (κ3) is 4.26. The van der Waals surface area contributed by atoms with Gasteiger partial charge in [0.2, 0.25) is 0 Å². The Balaban J connectivity index is 1.39. The van der Waals surface area contributed by atoms with Gasteiger partial charge in [0.1, 0.15) is 0 Å². The van der Waals surface area contributed by atoms with E-state index in [1.165, 1.54) is 36.2 Å². The van der Waals surface area contributed by atoms with Crippen LogP contribution in [0, 0.1) is 0 Å². The Morgan fingerprint density at radius 3 is 2.69 bits per heavy atom. The first kappa shape index (κ1) is 19.6. The molecule has 0 unspecified atom stereocenters. The minimum absolute atomic E-state index is 0.646. The van der Waals surface area contributed by atoms with Gasteiger partial charge in [0, 0.05) is 55.3 Å². The number of thiophene rings is 1. The number of halogens is 1. The first-order valence-corrected chi connectivity index (χ1v) is 11.9. The standard InChI is InChI=1S/C23H22ClNO2S2/c24-16-5-6-22-20(13-16)23-19(18-3-1-2-4-21(18)29-22)14-17(28-23)15-27-12-9-25-7-10-26-11-8-25/h1-6,13-14H,7-12,15H2. The zero-order valence-corrected chi connectivity index (χ0v) is 18.4. The van der Waals surface area contributed by atoms with Crippen molar-refractivity contribution in [2.24, 2.45) is 0 Å². The largest absolute Gasteiger partial charge is 0.379 e. The normalized spacial score (nSPS) is 16.0. The molecule has 0 aliphatic carbocycles. The average molecular weight is 444 g/mol. The molecule has 1 saturated heterocycles. The number of nitrogens with zero attached hydrogens (tertiary/aromatic N) is 1. The van der Waals surface area contributed by atoms with E-state index < -0.39 is 0 Å². The Hall–Kier alpha value is -1.34. The van der Waals surface area contributed by atoms with Gasteiger partial charge in [0.25, 0.3) is 0 Å². The van der Waals surface area contributed by atoms with Gasteiger partial charge in [-0.3, -0.25) is 4.90 Å². The molecule has 6 heteroatoms. The first-order chi connectivity index (χ1) is 14.3. The van der Waals surface area contributed by atoms with Crippen LogP contribution in [0.4, 0.5) is 0 Å². The third-order valence-electron chi connectivity index (χ3n) is 5.27. The monoisotopic (exact) mass is 443 g/mol. The average Bonchev–Trinajstić information content (AvgIpc) is 3.12. The van der Waals surface area contributed by atoms with E-state index in [2.05, 4.69) is 47.4 Å². The molecule has 0 atom stereocenters. The van der Waals surface area contributed by atoms with Gasteiger partial charge in [-0.1, -0.05) is 41.6 Å². The van der Waals surface area contributed by atoms with E-state index in [1.54, 1.807) is 0 Å². The Morgan fingerprint density at radius 1 is 0.966 bits per heavy atom. The van der Waals surface area contributed by atoms with Gasteiger partial charge in [0.05, 0.1) is 26.4 Å². The number of ether oxygens (including phenoxy) is 2. The summed E-state index contributed by atoms with van der Waals surface area (Å²) < 4.78 is 11.4. The number of benzene rings is 2. The van der Waals surface area contributed by atoms with Crippen molar-refractivity contribution in [1.29, 1.82) is 0 Å². The molecule has 1 aromatic heterocycles. The van der Waals surface area contributed by atoms with Crippen LogP contribution in [0.5, 0.6) is 0 Å². The second-order valence-corrected chi connectivity index (χ2v) is 9.86. The summed E-state index contributed by atoms with van der Waals surface area (Å²) >= 11 is 9.98. The summed E-state index contributed by atoms with van der Waals surface area (Å²) in [6.45, 7) is 6.02. The number of rotatable bonds is 5. The molecule has 150 valence electrons. The Labute approximate surface area is 184 Å². The quantitative estimate of drug-likeness (QED) is 0.350. The van der Waals surface area contributed by atoms with Crippen LogP contribution in [0.1, 0.15) is 4.88 Å². The van der Waals surface area contributed by atoms with Crippen LogP contribution in [0.3, 0.4) is 0 Å². The molecule has 2 aliphatic rings. The molecule has 3 heterocycles. The summed E-state index contributed by atoms with van der Waals surface area (Å²) in [5.41, 5.74) is 3.79. The smallest absolute Gasteiger partial charge is 0.0810 e. The second kappa shape index (κ2) is 8.80. The Kier molecular flexibility index (Phi) is 5.95. The summed E-state index contributed by atoms with van der Waals surface area (Å²) in [5, 5.41) is 0.776. The third-order valence-corrected chi connectivity index (χ3v) is 7.80. The van der Waals surface area contributed by atoms with Crippen LogP contribution in [0.25, 0.3) is 21.6 Å². The van der Waals surface area contributed by atoms with Crippen LogP contribution < -0.4 is 0 Å². The van der Waals surface area contributed by atoms with Crippen molar-refractivity contribution >= 4 is 34.7 Å². The lowest BCUT2D eigenvalue weighted by Gasteiger charge is -2.26. The van der Waals surface area contributed by atoms with E-state index in [4.69, 9.17) is 21.1 Å². The van der Waals surface area contributed by atoms with Gasteiger partial charge in [0.15, 0.2) is 0 Å². The molecule has 0 N–H and O–H groups in total. The predicted molar refractivity (Wildman–Crippen MR) is 121 cm³/mol. The summed E-state index contributed by atoms with van der Waals surface area (Å²) in [4.78, 5) is 7.48. The van der Waals surface area contributed by atoms with Crippen LogP contribution in [0.2, 0.25) is 5.02 Å².